The summed E-state index contributed by atoms with van der Waals surface area (Å²) in [7, 11) is 0. The molecule has 0 bridgehead atoms. The van der Waals surface area contributed by atoms with Crippen molar-refractivity contribution in [3.63, 3.8) is 0 Å². The van der Waals surface area contributed by atoms with Crippen LogP contribution in [0.25, 0.3) is 0 Å². The van der Waals surface area contributed by atoms with E-state index in [1.54, 1.807) is 6.07 Å². The molecule has 2 aromatic carbocycles. The normalized spacial score (nSPS) is 15.8. The van der Waals surface area contributed by atoms with Crippen molar-refractivity contribution in [1.82, 2.24) is 0 Å². The highest BCUT2D eigenvalue weighted by molar-refractivity contribution is 6.30. The third kappa shape index (κ3) is 2.83. The van der Waals surface area contributed by atoms with Gasteiger partial charge in [0.05, 0.1) is 0 Å². The summed E-state index contributed by atoms with van der Waals surface area (Å²) < 4.78 is 6.11. The number of anilines is 2. The molecule has 0 aliphatic heterocycles. The van der Waals surface area contributed by atoms with Crippen LogP contribution in [0, 0.1) is 0 Å². The van der Waals surface area contributed by atoms with Gasteiger partial charge in [-0.15, -0.1) is 0 Å². The molecular formula is C16H17ClN2O. The third-order valence-corrected chi connectivity index (χ3v) is 3.87. The lowest BCUT2D eigenvalue weighted by atomic mass is 10.0. The van der Waals surface area contributed by atoms with Gasteiger partial charge in [0.15, 0.2) is 0 Å². The second kappa shape index (κ2) is 4.91. The van der Waals surface area contributed by atoms with E-state index in [0.29, 0.717) is 5.02 Å². The van der Waals surface area contributed by atoms with Crippen molar-refractivity contribution in [3.05, 3.63) is 53.1 Å². The summed E-state index contributed by atoms with van der Waals surface area (Å²) in [6.07, 6.45) is 2.84. The van der Waals surface area contributed by atoms with Gasteiger partial charge in [-0.1, -0.05) is 11.6 Å². The molecule has 3 rings (SSSR count). The summed E-state index contributed by atoms with van der Waals surface area (Å²) in [5, 5.41) is 0.706. The molecule has 0 amide bonds. The molecular weight excluding hydrogens is 272 g/mol. The Balaban J connectivity index is 1.76. The Morgan fingerprint density at radius 2 is 1.75 bits per heavy atom. The van der Waals surface area contributed by atoms with Crippen LogP contribution in [0.5, 0.6) is 5.75 Å². The van der Waals surface area contributed by atoms with Gasteiger partial charge in [-0.05, 0) is 60.9 Å². The zero-order chi connectivity index (χ0) is 14.2. The van der Waals surface area contributed by atoms with Crippen molar-refractivity contribution in [1.29, 1.82) is 0 Å². The smallest absolute Gasteiger partial charge is 0.120 e. The first kappa shape index (κ1) is 13.1. The van der Waals surface area contributed by atoms with E-state index in [9.17, 15) is 0 Å². The number of benzene rings is 2. The Morgan fingerprint density at radius 1 is 1.05 bits per heavy atom. The molecule has 4 heteroatoms. The Hall–Kier alpha value is -1.87. The first-order valence-electron chi connectivity index (χ1n) is 6.65. The van der Waals surface area contributed by atoms with Crippen LogP contribution in [0.2, 0.25) is 5.02 Å². The maximum absolute atomic E-state index is 6.11. The van der Waals surface area contributed by atoms with E-state index in [0.717, 1.165) is 42.0 Å². The maximum Gasteiger partial charge on any atom is 0.120 e. The second-order valence-electron chi connectivity index (χ2n) is 5.37. The topological polar surface area (TPSA) is 61.3 Å². The number of hydrogen-bond acceptors (Lipinski definition) is 3. The van der Waals surface area contributed by atoms with Gasteiger partial charge in [0, 0.05) is 22.8 Å². The molecule has 104 valence electrons. The SMILES string of the molecule is Nc1ccc(OC2(Cc3cc(Cl)ccc3N)CC2)cc1. The average Bonchev–Trinajstić information content (AvgIpc) is 3.16. The van der Waals surface area contributed by atoms with E-state index >= 15 is 0 Å². The van der Waals surface area contributed by atoms with Crippen LogP contribution in [0.15, 0.2) is 42.5 Å². The molecule has 0 radical (unpaired) electrons. The predicted molar refractivity (Wildman–Crippen MR) is 83.0 cm³/mol. The summed E-state index contributed by atoms with van der Waals surface area (Å²) in [5.41, 5.74) is 14.1. The monoisotopic (exact) mass is 288 g/mol. The Kier molecular flexibility index (Phi) is 3.22. The number of rotatable bonds is 4. The molecule has 0 saturated heterocycles. The Morgan fingerprint density at radius 3 is 2.40 bits per heavy atom. The quantitative estimate of drug-likeness (QED) is 0.844. The van der Waals surface area contributed by atoms with Crippen LogP contribution in [0.4, 0.5) is 11.4 Å². The lowest BCUT2D eigenvalue weighted by Gasteiger charge is -2.19. The first-order valence-corrected chi connectivity index (χ1v) is 7.03. The fraction of sp³-hybridized carbons (Fsp3) is 0.250. The second-order valence-corrected chi connectivity index (χ2v) is 5.81. The molecule has 1 aliphatic rings. The zero-order valence-electron chi connectivity index (χ0n) is 11.1. The van der Waals surface area contributed by atoms with E-state index in [-0.39, 0.29) is 5.60 Å². The van der Waals surface area contributed by atoms with E-state index in [1.807, 2.05) is 36.4 Å². The van der Waals surface area contributed by atoms with E-state index in [2.05, 4.69) is 0 Å². The molecule has 20 heavy (non-hydrogen) atoms. The predicted octanol–water partition coefficient (Wildman–Crippen LogP) is 3.66. The molecule has 0 atom stereocenters. The average molecular weight is 289 g/mol. The first-order chi connectivity index (χ1) is 9.56. The molecule has 2 aromatic rings. The Bertz CT molecular complexity index is 621. The standard InChI is InChI=1S/C16H17ClN2O/c17-12-1-6-15(19)11(9-12)10-16(7-8-16)20-14-4-2-13(18)3-5-14/h1-6,9H,7-8,10,18-19H2. The van der Waals surface area contributed by atoms with Gasteiger partial charge in [-0.3, -0.25) is 0 Å². The van der Waals surface area contributed by atoms with Crippen molar-refractivity contribution < 1.29 is 4.74 Å². The summed E-state index contributed by atoms with van der Waals surface area (Å²) in [5.74, 6) is 0.845. The van der Waals surface area contributed by atoms with Crippen LogP contribution in [0.3, 0.4) is 0 Å². The summed E-state index contributed by atoms with van der Waals surface area (Å²) in [6, 6.07) is 13.1. The van der Waals surface area contributed by atoms with E-state index in [1.165, 1.54) is 0 Å². The van der Waals surface area contributed by atoms with Gasteiger partial charge in [-0.25, -0.2) is 0 Å². The molecule has 0 heterocycles. The summed E-state index contributed by atoms with van der Waals surface area (Å²) >= 11 is 6.03. The minimum atomic E-state index is -0.144. The molecule has 1 aliphatic carbocycles. The van der Waals surface area contributed by atoms with Gasteiger partial charge in [0.25, 0.3) is 0 Å². The fourth-order valence-corrected chi connectivity index (χ4v) is 2.51. The number of nitrogens with two attached hydrogens (primary N) is 2. The highest BCUT2D eigenvalue weighted by Crippen LogP contribution is 2.44. The molecule has 0 aromatic heterocycles. The molecule has 4 N–H and O–H groups in total. The minimum Gasteiger partial charge on any atom is -0.487 e. The summed E-state index contributed by atoms with van der Waals surface area (Å²) in [4.78, 5) is 0. The molecule has 1 saturated carbocycles. The number of halogens is 1. The lowest BCUT2D eigenvalue weighted by molar-refractivity contribution is 0.179. The van der Waals surface area contributed by atoms with Crippen molar-refractivity contribution in [3.8, 4) is 5.75 Å². The van der Waals surface area contributed by atoms with E-state index in [4.69, 9.17) is 27.8 Å². The van der Waals surface area contributed by atoms with Gasteiger partial charge in [0.2, 0.25) is 0 Å². The van der Waals surface area contributed by atoms with Crippen LogP contribution in [-0.2, 0) is 6.42 Å². The third-order valence-electron chi connectivity index (χ3n) is 3.64. The molecule has 0 spiro atoms. The molecule has 1 fully saturated rings. The summed E-state index contributed by atoms with van der Waals surface area (Å²) in [6.45, 7) is 0. The van der Waals surface area contributed by atoms with Gasteiger partial charge >= 0.3 is 0 Å². The van der Waals surface area contributed by atoms with Gasteiger partial charge in [0.1, 0.15) is 11.4 Å². The van der Waals surface area contributed by atoms with Crippen LogP contribution in [0.1, 0.15) is 18.4 Å². The molecule has 3 nitrogen and oxygen atoms in total. The van der Waals surface area contributed by atoms with Crippen molar-refractivity contribution >= 4 is 23.0 Å². The molecule has 0 unspecified atom stereocenters. The number of ether oxygens (including phenoxy) is 1. The van der Waals surface area contributed by atoms with Crippen LogP contribution < -0.4 is 16.2 Å². The lowest BCUT2D eigenvalue weighted by Crippen LogP contribution is -2.22. The van der Waals surface area contributed by atoms with E-state index < -0.39 is 0 Å². The number of nitrogen functional groups attached to an aromatic ring is 2. The van der Waals surface area contributed by atoms with Crippen LogP contribution >= 0.6 is 11.6 Å². The zero-order valence-corrected chi connectivity index (χ0v) is 11.9. The number of hydrogen-bond donors (Lipinski definition) is 2. The van der Waals surface area contributed by atoms with Gasteiger partial charge < -0.3 is 16.2 Å². The van der Waals surface area contributed by atoms with Crippen LogP contribution in [-0.4, -0.2) is 5.60 Å². The fourth-order valence-electron chi connectivity index (χ4n) is 2.31. The van der Waals surface area contributed by atoms with Crippen molar-refractivity contribution in [2.45, 2.75) is 24.9 Å². The largest absolute Gasteiger partial charge is 0.487 e. The maximum atomic E-state index is 6.11. The Labute approximate surface area is 123 Å². The van der Waals surface area contributed by atoms with Crippen molar-refractivity contribution in [2.24, 2.45) is 0 Å². The van der Waals surface area contributed by atoms with Crippen molar-refractivity contribution in [2.75, 3.05) is 11.5 Å². The minimum absolute atomic E-state index is 0.144. The van der Waals surface area contributed by atoms with Gasteiger partial charge in [-0.2, -0.15) is 0 Å². The highest BCUT2D eigenvalue weighted by Gasteiger charge is 2.45. The highest BCUT2D eigenvalue weighted by atomic mass is 35.5.